The van der Waals surface area contributed by atoms with Crippen LogP contribution in [0.2, 0.25) is 0 Å². The van der Waals surface area contributed by atoms with E-state index in [9.17, 15) is 9.00 Å². The van der Waals surface area contributed by atoms with Gasteiger partial charge in [0, 0.05) is 33.2 Å². The normalized spacial score (nSPS) is 24.5. The summed E-state index contributed by atoms with van der Waals surface area (Å²) in [6.45, 7) is 5.85. The molecule has 1 aromatic rings. The monoisotopic (exact) mass is 343 g/mol. The van der Waals surface area contributed by atoms with Gasteiger partial charge in [0.2, 0.25) is 0 Å². The highest BCUT2D eigenvalue weighted by Crippen LogP contribution is 2.23. The first kappa shape index (κ1) is 17.4. The number of rotatable bonds is 5. The number of amides is 2. The molecule has 0 radical (unpaired) electrons. The summed E-state index contributed by atoms with van der Waals surface area (Å²) < 4.78 is 11.9. The summed E-state index contributed by atoms with van der Waals surface area (Å²) >= 11 is 1.58. The van der Waals surface area contributed by atoms with Crippen molar-refractivity contribution in [3.63, 3.8) is 0 Å². The van der Waals surface area contributed by atoms with Gasteiger partial charge in [-0.25, -0.2) is 9.78 Å². The highest BCUT2D eigenvalue weighted by atomic mass is 32.2. The Morgan fingerprint density at radius 1 is 1.55 bits per heavy atom. The molecule has 22 heavy (non-hydrogen) atoms. The van der Waals surface area contributed by atoms with E-state index in [-0.39, 0.29) is 23.4 Å². The largest absolute Gasteiger partial charge is 0.335 e. The summed E-state index contributed by atoms with van der Waals surface area (Å²) in [6.07, 6.45) is 3.82. The highest BCUT2D eigenvalue weighted by molar-refractivity contribution is 7.85. The first-order chi connectivity index (χ1) is 10.5. The average molecular weight is 344 g/mol. The third kappa shape index (κ3) is 4.78. The number of aryl methyl sites for hydroxylation is 1. The number of hydrogen-bond donors (Lipinski definition) is 2. The van der Waals surface area contributed by atoms with Crippen LogP contribution in [0.25, 0.3) is 0 Å². The van der Waals surface area contributed by atoms with Crippen molar-refractivity contribution >= 4 is 28.2 Å². The second-order valence-corrected chi connectivity index (χ2v) is 8.85. The molecule has 0 spiro atoms. The van der Waals surface area contributed by atoms with Crippen molar-refractivity contribution in [1.82, 2.24) is 15.6 Å². The molecule has 1 fully saturated rings. The van der Waals surface area contributed by atoms with E-state index in [1.807, 2.05) is 26.2 Å². The number of urea groups is 1. The minimum atomic E-state index is -0.767. The number of thiazole rings is 1. The van der Waals surface area contributed by atoms with E-state index in [0.717, 1.165) is 36.4 Å². The van der Waals surface area contributed by atoms with Crippen LogP contribution in [-0.2, 0) is 10.8 Å². The van der Waals surface area contributed by atoms with E-state index >= 15 is 0 Å². The summed E-state index contributed by atoms with van der Waals surface area (Å²) in [5.41, 5.74) is 0.895. The Labute approximate surface area is 138 Å². The summed E-state index contributed by atoms with van der Waals surface area (Å²) in [5.74, 6) is 0.698. The predicted octanol–water partition coefficient (Wildman–Crippen LogP) is 2.89. The van der Waals surface area contributed by atoms with Crippen LogP contribution in [0, 0.1) is 6.92 Å². The summed E-state index contributed by atoms with van der Waals surface area (Å²) in [7, 11) is -0.767. The second kappa shape index (κ2) is 8.06. The van der Waals surface area contributed by atoms with Crippen molar-refractivity contribution in [3.8, 4) is 0 Å². The van der Waals surface area contributed by atoms with E-state index < -0.39 is 10.8 Å². The molecule has 5 nitrogen and oxygen atoms in total. The molecule has 0 aliphatic heterocycles. The number of carbonyl (C=O) groups excluding carboxylic acids is 1. The van der Waals surface area contributed by atoms with Gasteiger partial charge in [-0.3, -0.25) is 4.21 Å². The quantitative estimate of drug-likeness (QED) is 0.863. The van der Waals surface area contributed by atoms with Gasteiger partial charge in [-0.15, -0.1) is 11.3 Å². The lowest BCUT2D eigenvalue weighted by molar-refractivity contribution is 0.229. The molecule has 2 rings (SSSR count). The van der Waals surface area contributed by atoms with Crippen LogP contribution in [-0.4, -0.2) is 32.3 Å². The standard InChI is InChI=1S/C15H25N3O2S2/c1-4-22(20)13-7-5-6-12(8-13)18-15(19)16-10(2)14-9-21-11(3)17-14/h9-10,12-13H,4-8H2,1-3H3,(H2,16,18,19)/t10-,12+,13-,22-/m1/s1. The minimum Gasteiger partial charge on any atom is -0.335 e. The Morgan fingerprint density at radius 3 is 2.95 bits per heavy atom. The molecule has 1 aliphatic carbocycles. The zero-order chi connectivity index (χ0) is 16.1. The molecule has 1 heterocycles. The SMILES string of the molecule is CC[S@@](=O)[C@@H]1CCC[C@H](NC(=O)N[C@H](C)c2csc(C)n2)C1. The minimum absolute atomic E-state index is 0.103. The lowest BCUT2D eigenvalue weighted by Crippen LogP contribution is -2.46. The van der Waals surface area contributed by atoms with Crippen molar-refractivity contribution in [3.05, 3.63) is 16.1 Å². The van der Waals surface area contributed by atoms with Gasteiger partial charge in [-0.2, -0.15) is 0 Å². The van der Waals surface area contributed by atoms with Crippen molar-refractivity contribution in [1.29, 1.82) is 0 Å². The average Bonchev–Trinajstić information content (AvgIpc) is 2.93. The lowest BCUT2D eigenvalue weighted by atomic mass is 9.95. The van der Waals surface area contributed by atoms with Crippen molar-refractivity contribution in [2.75, 3.05) is 5.75 Å². The molecular formula is C15H25N3O2S2. The van der Waals surface area contributed by atoms with Crippen LogP contribution in [0.3, 0.4) is 0 Å². The number of nitrogens with zero attached hydrogens (tertiary/aromatic N) is 1. The topological polar surface area (TPSA) is 71.1 Å². The number of carbonyl (C=O) groups is 1. The molecule has 124 valence electrons. The van der Waals surface area contributed by atoms with Gasteiger partial charge in [0.15, 0.2) is 0 Å². The van der Waals surface area contributed by atoms with Gasteiger partial charge >= 0.3 is 6.03 Å². The summed E-state index contributed by atoms with van der Waals surface area (Å²) in [4.78, 5) is 16.5. The van der Waals surface area contributed by atoms with Gasteiger partial charge in [0.25, 0.3) is 0 Å². The van der Waals surface area contributed by atoms with Crippen LogP contribution in [0.1, 0.15) is 56.3 Å². The van der Waals surface area contributed by atoms with Gasteiger partial charge in [0.1, 0.15) is 0 Å². The van der Waals surface area contributed by atoms with Gasteiger partial charge < -0.3 is 10.6 Å². The highest BCUT2D eigenvalue weighted by Gasteiger charge is 2.26. The first-order valence-corrected chi connectivity index (χ1v) is 10.1. The third-order valence-electron chi connectivity index (χ3n) is 4.05. The number of hydrogen-bond acceptors (Lipinski definition) is 4. The fourth-order valence-corrected chi connectivity index (χ4v) is 4.88. The first-order valence-electron chi connectivity index (χ1n) is 7.85. The van der Waals surface area contributed by atoms with E-state index in [1.54, 1.807) is 11.3 Å². The molecule has 0 aromatic carbocycles. The lowest BCUT2D eigenvalue weighted by Gasteiger charge is -2.29. The fourth-order valence-electron chi connectivity index (χ4n) is 2.83. The van der Waals surface area contributed by atoms with Crippen LogP contribution >= 0.6 is 11.3 Å². The molecule has 1 saturated carbocycles. The van der Waals surface area contributed by atoms with E-state index in [0.29, 0.717) is 5.75 Å². The Hall–Kier alpha value is -0.950. The zero-order valence-corrected chi connectivity index (χ0v) is 15.1. The molecule has 1 aliphatic rings. The van der Waals surface area contributed by atoms with Crippen molar-refractivity contribution in [2.45, 2.75) is 63.8 Å². The Balaban J connectivity index is 1.82. The molecular weight excluding hydrogens is 318 g/mol. The maximum atomic E-state index is 12.1. The Morgan fingerprint density at radius 2 is 2.32 bits per heavy atom. The molecule has 0 unspecified atom stereocenters. The number of aromatic nitrogens is 1. The van der Waals surface area contributed by atoms with E-state index in [1.165, 1.54) is 0 Å². The van der Waals surface area contributed by atoms with Crippen LogP contribution in [0.4, 0.5) is 4.79 Å². The van der Waals surface area contributed by atoms with Gasteiger partial charge in [-0.05, 0) is 33.1 Å². The zero-order valence-electron chi connectivity index (χ0n) is 13.4. The summed E-state index contributed by atoms with van der Waals surface area (Å²) in [5, 5.41) is 9.16. The number of nitrogens with one attached hydrogen (secondary N) is 2. The van der Waals surface area contributed by atoms with Crippen LogP contribution < -0.4 is 10.6 Å². The molecule has 0 saturated heterocycles. The van der Waals surface area contributed by atoms with Gasteiger partial charge in [-0.1, -0.05) is 13.3 Å². The summed E-state index contributed by atoms with van der Waals surface area (Å²) in [6, 6.07) is -0.140. The Kier molecular flexibility index (Phi) is 6.37. The van der Waals surface area contributed by atoms with Gasteiger partial charge in [0.05, 0.1) is 16.7 Å². The van der Waals surface area contributed by atoms with Crippen molar-refractivity contribution < 1.29 is 9.00 Å². The fraction of sp³-hybridized carbons (Fsp3) is 0.733. The van der Waals surface area contributed by atoms with Crippen molar-refractivity contribution in [2.24, 2.45) is 0 Å². The molecule has 7 heteroatoms. The van der Waals surface area contributed by atoms with Crippen LogP contribution in [0.5, 0.6) is 0 Å². The molecule has 4 atom stereocenters. The predicted molar refractivity (Wildman–Crippen MR) is 91.7 cm³/mol. The maximum absolute atomic E-state index is 12.1. The maximum Gasteiger partial charge on any atom is 0.315 e. The molecule has 2 N–H and O–H groups in total. The Bertz CT molecular complexity index is 533. The smallest absolute Gasteiger partial charge is 0.315 e. The molecule has 0 bridgehead atoms. The van der Waals surface area contributed by atoms with E-state index in [2.05, 4.69) is 15.6 Å². The van der Waals surface area contributed by atoms with Crippen LogP contribution in [0.15, 0.2) is 5.38 Å². The third-order valence-corrected chi connectivity index (χ3v) is 6.58. The molecule has 1 aromatic heterocycles. The van der Waals surface area contributed by atoms with E-state index in [4.69, 9.17) is 0 Å². The second-order valence-electron chi connectivity index (χ2n) is 5.79. The molecule has 2 amide bonds.